The molecule has 5 nitrogen and oxygen atoms in total. The fraction of sp³-hybridized carbons (Fsp3) is 0.500. The van der Waals surface area contributed by atoms with Gasteiger partial charge in [0.15, 0.2) is 5.82 Å². The van der Waals surface area contributed by atoms with E-state index in [1.165, 1.54) is 19.3 Å². The maximum Gasteiger partial charge on any atom is 0.209 e. The van der Waals surface area contributed by atoms with E-state index < -0.39 is 0 Å². The second-order valence-electron chi connectivity index (χ2n) is 5.67. The molecule has 0 unspecified atom stereocenters. The summed E-state index contributed by atoms with van der Waals surface area (Å²) in [6, 6.07) is 7.46. The molecule has 2 aromatic rings. The Labute approximate surface area is 145 Å². The summed E-state index contributed by atoms with van der Waals surface area (Å²) in [5.74, 6) is 8.97. The van der Waals surface area contributed by atoms with Crippen LogP contribution in [0.3, 0.4) is 0 Å². The van der Waals surface area contributed by atoms with Crippen LogP contribution in [-0.4, -0.2) is 27.2 Å². The minimum absolute atomic E-state index is 0.454. The van der Waals surface area contributed by atoms with Gasteiger partial charge in [0, 0.05) is 11.7 Å². The van der Waals surface area contributed by atoms with Crippen LogP contribution in [-0.2, 0) is 0 Å². The third-order valence-corrected chi connectivity index (χ3v) is 5.29. The molecule has 1 aromatic carbocycles. The molecule has 0 aliphatic heterocycles. The van der Waals surface area contributed by atoms with Crippen LogP contribution in [0.15, 0.2) is 29.4 Å². The summed E-state index contributed by atoms with van der Waals surface area (Å²) >= 11 is 7.61. The van der Waals surface area contributed by atoms with Crippen molar-refractivity contribution in [2.45, 2.75) is 43.2 Å². The van der Waals surface area contributed by atoms with Crippen molar-refractivity contribution in [3.8, 4) is 5.75 Å². The summed E-state index contributed by atoms with van der Waals surface area (Å²) < 4.78 is 7.32. The Morgan fingerprint density at radius 1 is 1.22 bits per heavy atom. The van der Waals surface area contributed by atoms with E-state index in [0.717, 1.165) is 29.6 Å². The number of nitrogen functional groups attached to an aromatic ring is 1. The quantitative estimate of drug-likeness (QED) is 0.485. The molecule has 3 rings (SSSR count). The van der Waals surface area contributed by atoms with Crippen LogP contribution in [0.1, 0.15) is 43.8 Å². The average Bonchev–Trinajstić information content (AvgIpc) is 2.95. The second-order valence-corrected chi connectivity index (χ2v) is 7.14. The lowest BCUT2D eigenvalue weighted by molar-refractivity contribution is 0.344. The van der Waals surface area contributed by atoms with Gasteiger partial charge in [-0.05, 0) is 25.0 Å². The minimum Gasteiger partial charge on any atom is -0.491 e. The van der Waals surface area contributed by atoms with Gasteiger partial charge in [-0.15, -0.1) is 10.2 Å². The van der Waals surface area contributed by atoms with Gasteiger partial charge in [-0.2, -0.15) is 0 Å². The Kier molecular flexibility index (Phi) is 5.67. The Bertz CT molecular complexity index is 643. The molecule has 1 aromatic heterocycles. The Morgan fingerprint density at radius 2 is 2.00 bits per heavy atom. The van der Waals surface area contributed by atoms with Crippen molar-refractivity contribution in [1.82, 2.24) is 14.9 Å². The van der Waals surface area contributed by atoms with Gasteiger partial charge in [-0.1, -0.05) is 54.8 Å². The van der Waals surface area contributed by atoms with Gasteiger partial charge in [0.1, 0.15) is 5.75 Å². The number of aromatic nitrogens is 3. The molecule has 1 heterocycles. The number of rotatable bonds is 6. The first-order valence-electron chi connectivity index (χ1n) is 7.96. The molecule has 1 aliphatic rings. The molecule has 0 atom stereocenters. The third-order valence-electron chi connectivity index (χ3n) is 4.07. The molecule has 1 aliphatic carbocycles. The van der Waals surface area contributed by atoms with Crippen LogP contribution in [0.25, 0.3) is 0 Å². The second kappa shape index (κ2) is 7.93. The van der Waals surface area contributed by atoms with Crippen molar-refractivity contribution in [1.29, 1.82) is 0 Å². The highest BCUT2D eigenvalue weighted by molar-refractivity contribution is 7.99. The fourth-order valence-corrected chi connectivity index (χ4v) is 3.74. The lowest BCUT2D eigenvalue weighted by Gasteiger charge is -2.20. The molecule has 0 bridgehead atoms. The molecule has 2 N–H and O–H groups in total. The number of nitrogens with two attached hydrogens (primary N) is 1. The standard InChI is InChI=1S/C16H21ClN4OS/c17-13-8-4-5-9-14(13)22-10-11-23-16-20-19-15(21(16)18)12-6-2-1-3-7-12/h4-5,8-9,12H,1-3,6-7,10-11,18H2. The number of para-hydroxylation sites is 1. The van der Waals surface area contributed by atoms with Gasteiger partial charge in [-0.25, -0.2) is 4.68 Å². The SMILES string of the molecule is Nn1c(SCCOc2ccccc2Cl)nnc1C1CCCCC1. The molecule has 1 saturated carbocycles. The predicted octanol–water partition coefficient (Wildman–Crippen LogP) is 3.86. The summed E-state index contributed by atoms with van der Waals surface area (Å²) in [5, 5.41) is 9.89. The molecular formula is C16H21ClN4OS. The molecule has 124 valence electrons. The number of benzene rings is 1. The zero-order valence-corrected chi connectivity index (χ0v) is 14.5. The summed E-state index contributed by atoms with van der Waals surface area (Å²) in [7, 11) is 0. The summed E-state index contributed by atoms with van der Waals surface area (Å²) in [4.78, 5) is 0. The van der Waals surface area contributed by atoms with E-state index in [1.54, 1.807) is 16.4 Å². The van der Waals surface area contributed by atoms with Crippen molar-refractivity contribution < 1.29 is 4.74 Å². The van der Waals surface area contributed by atoms with Crippen LogP contribution in [0.4, 0.5) is 0 Å². The van der Waals surface area contributed by atoms with E-state index in [9.17, 15) is 0 Å². The number of hydrogen-bond acceptors (Lipinski definition) is 5. The largest absolute Gasteiger partial charge is 0.491 e. The predicted molar refractivity (Wildman–Crippen MR) is 93.7 cm³/mol. The number of halogens is 1. The first-order chi connectivity index (χ1) is 11.3. The van der Waals surface area contributed by atoms with E-state index in [4.69, 9.17) is 22.2 Å². The van der Waals surface area contributed by atoms with Crippen molar-refractivity contribution >= 4 is 23.4 Å². The molecule has 7 heteroatoms. The molecule has 0 spiro atoms. The Morgan fingerprint density at radius 3 is 2.78 bits per heavy atom. The Hall–Kier alpha value is -1.40. The fourth-order valence-electron chi connectivity index (χ4n) is 2.87. The number of hydrogen-bond donors (Lipinski definition) is 1. The highest BCUT2D eigenvalue weighted by Crippen LogP contribution is 2.32. The zero-order chi connectivity index (χ0) is 16.1. The maximum absolute atomic E-state index is 6.16. The lowest BCUT2D eigenvalue weighted by Crippen LogP contribution is -2.18. The van der Waals surface area contributed by atoms with Crippen LogP contribution >= 0.6 is 23.4 Å². The minimum atomic E-state index is 0.454. The van der Waals surface area contributed by atoms with Crippen LogP contribution in [0, 0.1) is 0 Å². The summed E-state index contributed by atoms with van der Waals surface area (Å²) in [6.45, 7) is 0.542. The third kappa shape index (κ3) is 4.12. The lowest BCUT2D eigenvalue weighted by atomic mass is 9.89. The molecule has 1 fully saturated rings. The normalized spacial score (nSPS) is 15.7. The molecule has 23 heavy (non-hydrogen) atoms. The molecular weight excluding hydrogens is 332 g/mol. The van der Waals surface area contributed by atoms with E-state index >= 15 is 0 Å². The number of ether oxygens (including phenoxy) is 1. The highest BCUT2D eigenvalue weighted by atomic mass is 35.5. The first kappa shape index (κ1) is 16.5. The Balaban J connectivity index is 1.51. The van der Waals surface area contributed by atoms with Gasteiger partial charge in [0.25, 0.3) is 0 Å². The highest BCUT2D eigenvalue weighted by Gasteiger charge is 2.22. The van der Waals surface area contributed by atoms with Crippen molar-refractivity contribution in [2.75, 3.05) is 18.2 Å². The van der Waals surface area contributed by atoms with E-state index in [0.29, 0.717) is 23.3 Å². The summed E-state index contributed by atoms with van der Waals surface area (Å²) in [5.41, 5.74) is 0. The molecule has 0 radical (unpaired) electrons. The monoisotopic (exact) mass is 352 g/mol. The van der Waals surface area contributed by atoms with Crippen molar-refractivity contribution in [3.63, 3.8) is 0 Å². The smallest absolute Gasteiger partial charge is 0.209 e. The number of nitrogens with zero attached hydrogens (tertiary/aromatic N) is 3. The van der Waals surface area contributed by atoms with Crippen LogP contribution in [0.2, 0.25) is 5.02 Å². The average molecular weight is 353 g/mol. The van der Waals surface area contributed by atoms with Crippen molar-refractivity contribution in [3.05, 3.63) is 35.1 Å². The van der Waals surface area contributed by atoms with Gasteiger partial charge in [0.2, 0.25) is 5.16 Å². The first-order valence-corrected chi connectivity index (χ1v) is 9.32. The van der Waals surface area contributed by atoms with Gasteiger partial charge < -0.3 is 10.6 Å². The van der Waals surface area contributed by atoms with Gasteiger partial charge in [0.05, 0.1) is 11.6 Å². The number of thioether (sulfide) groups is 1. The van der Waals surface area contributed by atoms with E-state index in [1.807, 2.05) is 24.3 Å². The van der Waals surface area contributed by atoms with Gasteiger partial charge in [-0.3, -0.25) is 0 Å². The van der Waals surface area contributed by atoms with Crippen LogP contribution < -0.4 is 10.6 Å². The molecule has 0 saturated heterocycles. The maximum atomic E-state index is 6.16. The van der Waals surface area contributed by atoms with E-state index in [-0.39, 0.29) is 0 Å². The van der Waals surface area contributed by atoms with Crippen LogP contribution in [0.5, 0.6) is 5.75 Å². The summed E-state index contributed by atoms with van der Waals surface area (Å²) in [6.07, 6.45) is 6.15. The van der Waals surface area contributed by atoms with Crippen molar-refractivity contribution in [2.24, 2.45) is 0 Å². The molecule has 0 amide bonds. The topological polar surface area (TPSA) is 66.0 Å². The zero-order valence-electron chi connectivity index (χ0n) is 12.9. The van der Waals surface area contributed by atoms with Gasteiger partial charge >= 0.3 is 0 Å². The van der Waals surface area contributed by atoms with E-state index in [2.05, 4.69) is 10.2 Å².